The highest BCUT2D eigenvalue weighted by molar-refractivity contribution is 14.1. The zero-order valence-corrected chi connectivity index (χ0v) is 35.8. The number of hydrogen-bond donors (Lipinski definition) is 2. The predicted octanol–water partition coefficient (Wildman–Crippen LogP) is 14.5. The van der Waals surface area contributed by atoms with Crippen LogP contribution in [0.25, 0.3) is 76.5 Å². The first kappa shape index (κ1) is 29.2. The third kappa shape index (κ3) is 8.40. The van der Waals surface area contributed by atoms with E-state index in [1.54, 1.807) is 48.5 Å². The van der Waals surface area contributed by atoms with E-state index in [2.05, 4.69) is 78.7 Å². The van der Waals surface area contributed by atoms with Gasteiger partial charge in [-0.3, -0.25) is 0 Å². The number of fused-ring (bicyclic) bond motifs is 4. The minimum absolute atomic E-state index is 0.0948. The first-order chi connectivity index (χ1) is 32.5. The van der Waals surface area contributed by atoms with E-state index in [1.807, 2.05) is 72.8 Å². The van der Waals surface area contributed by atoms with Crippen LogP contribution in [0.3, 0.4) is 0 Å². The number of hydrogen-bond acceptors (Lipinski definition) is 2. The molecule has 10 aromatic carbocycles. The van der Waals surface area contributed by atoms with Crippen LogP contribution < -0.4 is 5.46 Å². The fourth-order valence-corrected chi connectivity index (χ4v) is 8.10. The van der Waals surface area contributed by atoms with E-state index < -0.39 is 25.2 Å². The van der Waals surface area contributed by atoms with Crippen molar-refractivity contribution in [3.63, 3.8) is 0 Å². The van der Waals surface area contributed by atoms with E-state index in [0.717, 1.165) is 41.6 Å². The van der Waals surface area contributed by atoms with Crippen molar-refractivity contribution >= 4 is 110 Å². The molecule has 0 radical (unpaired) electrons. The third-order valence-corrected chi connectivity index (χ3v) is 11.4. The third-order valence-electron chi connectivity index (χ3n) is 9.60. The molecule has 0 saturated heterocycles. The van der Waals surface area contributed by atoms with Crippen molar-refractivity contribution in [2.75, 3.05) is 0 Å². The second-order valence-corrected chi connectivity index (χ2v) is 16.1. The van der Waals surface area contributed by atoms with Crippen LogP contribution in [-0.4, -0.2) is 17.2 Å². The zero-order chi connectivity index (χ0) is 48.7. The normalized spacial score (nSPS) is 13.3. The lowest BCUT2D eigenvalue weighted by atomic mass is 9.72. The van der Waals surface area contributed by atoms with Gasteiger partial charge in [0, 0.05) is 12.5 Å². The highest BCUT2D eigenvalue weighted by Crippen LogP contribution is 2.43. The van der Waals surface area contributed by atoms with Crippen molar-refractivity contribution in [2.24, 2.45) is 0 Å². The van der Waals surface area contributed by atoms with Crippen LogP contribution in [0.2, 0.25) is 0 Å². The predicted molar refractivity (Wildman–Crippen MR) is 264 cm³/mol. The minimum Gasteiger partial charge on any atom is -0.423 e. The van der Waals surface area contributed by atoms with Gasteiger partial charge in [-0.2, -0.15) is 0 Å². The van der Waals surface area contributed by atoms with Crippen LogP contribution in [-0.2, 0) is 0 Å². The van der Waals surface area contributed by atoms with E-state index in [1.165, 1.54) is 3.57 Å². The zero-order valence-electron chi connectivity index (χ0n) is 40.5. The molecule has 0 heterocycles. The monoisotopic (exact) mass is 998 g/mol. The molecule has 0 aliphatic carbocycles. The molecule has 0 fully saturated rings. The van der Waals surface area contributed by atoms with Crippen LogP contribution in [0, 0.1) is 3.57 Å². The lowest BCUT2D eigenvalue weighted by Crippen LogP contribution is -2.31. The molecule has 2 N–H and O–H groups in total. The van der Waals surface area contributed by atoms with Crippen LogP contribution >= 0.6 is 54.5 Å². The molecule has 280 valence electrons. The summed E-state index contributed by atoms with van der Waals surface area (Å²) in [7, 11) is -1.72. The number of benzene rings is 10. The fourth-order valence-electron chi connectivity index (χ4n) is 7.21. The van der Waals surface area contributed by atoms with Gasteiger partial charge < -0.3 is 10.0 Å². The molecule has 58 heavy (non-hydrogen) atoms. The van der Waals surface area contributed by atoms with Gasteiger partial charge in [0.1, 0.15) is 0 Å². The second-order valence-electron chi connectivity index (χ2n) is 13.0. The summed E-state index contributed by atoms with van der Waals surface area (Å²) in [4.78, 5) is 0. The van der Waals surface area contributed by atoms with Crippen LogP contribution in [0.5, 0.6) is 0 Å². The molecule has 0 saturated carbocycles. The first-order valence-corrected chi connectivity index (χ1v) is 20.7. The Balaban J connectivity index is 0.000000159. The standard InChI is InChI=1S/C26H17Br.C20H15BO2.C6H4BrI/c27-20-16-14-19(15-17-20)26-23-12-6-4-10-21(23)25(18-8-2-1-3-9-18)22-11-5-7-13-24(22)26;22-21(23)20-17-12-6-4-10-15(17)19(14-8-2-1-3-9-14)16-11-5-7-13-18(16)20;7-5-1-3-6(8)4-2-5/h1-17H;1-13,22-23H;1-4H/i2*1D,2D,3D,8D,9D;. The Labute approximate surface area is 383 Å². The Morgan fingerprint density at radius 2 is 0.672 bits per heavy atom. The molecule has 0 amide bonds. The van der Waals surface area contributed by atoms with Gasteiger partial charge in [-0.05, 0) is 141 Å². The molecule has 0 bridgehead atoms. The van der Waals surface area contributed by atoms with Crippen LogP contribution in [0.1, 0.15) is 13.7 Å². The molecule has 0 aromatic heterocycles. The van der Waals surface area contributed by atoms with Gasteiger partial charge in [0.15, 0.2) is 0 Å². The smallest absolute Gasteiger partial charge is 0.423 e. The van der Waals surface area contributed by atoms with Gasteiger partial charge in [0.2, 0.25) is 0 Å². The molecule has 2 nitrogen and oxygen atoms in total. The van der Waals surface area contributed by atoms with Crippen LogP contribution in [0.15, 0.2) is 215 Å². The number of rotatable bonds is 4. The SMILES string of the molecule is Brc1ccc(I)cc1.[2H]c1c([2H])c([2H])c(-c2c3ccccc3c(-c3ccc(Br)cc3)c3ccccc23)c([2H])c1[2H].[2H]c1c([2H])c([2H])c(-c2c3ccccc3c(B(O)O)c3ccccc23)c([2H])c1[2H]. The van der Waals surface area contributed by atoms with Gasteiger partial charge in [0.25, 0.3) is 0 Å². The van der Waals surface area contributed by atoms with Gasteiger partial charge >= 0.3 is 7.12 Å². The van der Waals surface area contributed by atoms with Crippen molar-refractivity contribution in [3.05, 3.63) is 219 Å². The Kier molecular flexibility index (Phi) is 9.17. The van der Waals surface area contributed by atoms with Gasteiger partial charge in [0.05, 0.1) is 13.7 Å². The highest BCUT2D eigenvalue weighted by atomic mass is 127. The fraction of sp³-hybridized carbons (Fsp3) is 0. The quantitative estimate of drug-likeness (QED) is 0.105. The lowest BCUT2D eigenvalue weighted by molar-refractivity contribution is 0.426. The van der Waals surface area contributed by atoms with Crippen molar-refractivity contribution in [1.29, 1.82) is 0 Å². The van der Waals surface area contributed by atoms with Crippen molar-refractivity contribution in [2.45, 2.75) is 0 Å². The summed E-state index contributed by atoms with van der Waals surface area (Å²) >= 11 is 9.12. The summed E-state index contributed by atoms with van der Waals surface area (Å²) in [6, 6.07) is 42.8. The molecular formula is C52H36BBr2IO2. The minimum atomic E-state index is -1.72. The summed E-state index contributed by atoms with van der Waals surface area (Å²) in [5.41, 5.74) is 3.89. The summed E-state index contributed by atoms with van der Waals surface area (Å²) < 4.78 is 85.6. The molecule has 0 aliphatic rings. The largest absolute Gasteiger partial charge is 0.489 e. The Hall–Kier alpha value is -5.09. The molecular weight excluding hydrogens is 954 g/mol. The highest BCUT2D eigenvalue weighted by Gasteiger charge is 2.22. The average molecular weight is 1000 g/mol. The van der Waals surface area contributed by atoms with E-state index in [9.17, 15) is 10.0 Å². The van der Waals surface area contributed by atoms with Crippen molar-refractivity contribution < 1.29 is 23.8 Å². The van der Waals surface area contributed by atoms with Crippen LogP contribution in [0.4, 0.5) is 0 Å². The molecule has 0 atom stereocenters. The molecule has 10 rings (SSSR count). The van der Waals surface area contributed by atoms with Crippen molar-refractivity contribution in [1.82, 2.24) is 0 Å². The summed E-state index contributed by atoms with van der Waals surface area (Å²) in [6.07, 6.45) is 0. The molecule has 0 unspecified atom stereocenters. The van der Waals surface area contributed by atoms with Gasteiger partial charge in [-0.15, -0.1) is 0 Å². The van der Waals surface area contributed by atoms with Gasteiger partial charge in [-0.1, -0.05) is 201 Å². The Morgan fingerprint density at radius 3 is 1.00 bits per heavy atom. The first-order valence-electron chi connectivity index (χ1n) is 23.1. The summed E-state index contributed by atoms with van der Waals surface area (Å²) in [5.74, 6) is 0. The molecule has 6 heteroatoms. The van der Waals surface area contributed by atoms with E-state index in [0.29, 0.717) is 38.1 Å². The van der Waals surface area contributed by atoms with E-state index in [4.69, 9.17) is 13.7 Å². The maximum absolute atomic E-state index is 10.0. The molecule has 10 aromatic rings. The maximum atomic E-state index is 10.0. The lowest BCUT2D eigenvalue weighted by Gasteiger charge is -2.17. The summed E-state index contributed by atoms with van der Waals surface area (Å²) in [6.45, 7) is 0. The topological polar surface area (TPSA) is 40.5 Å². The second kappa shape index (κ2) is 18.2. The van der Waals surface area contributed by atoms with Gasteiger partial charge in [-0.25, -0.2) is 0 Å². The van der Waals surface area contributed by atoms with E-state index >= 15 is 0 Å². The Bertz CT molecular complexity index is 3410. The average Bonchev–Trinajstić information content (AvgIpc) is 3.35. The van der Waals surface area contributed by atoms with Crippen molar-refractivity contribution in [3.8, 4) is 33.4 Å². The van der Waals surface area contributed by atoms with E-state index in [-0.39, 0.29) is 53.4 Å². The molecule has 0 spiro atoms. The summed E-state index contributed by atoms with van der Waals surface area (Å²) in [5, 5.41) is 25.9. The maximum Gasteiger partial charge on any atom is 0.489 e. The Morgan fingerprint density at radius 1 is 0.379 bits per heavy atom. The number of halogens is 3. The molecule has 0 aliphatic heterocycles.